The van der Waals surface area contributed by atoms with Crippen LogP contribution in [0.25, 0.3) is 0 Å². The largest absolute Gasteiger partial charge is 0.352 e. The number of anilines is 1. The molecule has 2 saturated heterocycles. The normalized spacial score (nSPS) is 28.7. The third-order valence-electron chi connectivity index (χ3n) is 4.56. The number of fused-ring (bicyclic) bond motifs is 1. The second-order valence-electron chi connectivity index (χ2n) is 6.03. The van der Waals surface area contributed by atoms with Gasteiger partial charge in [0, 0.05) is 37.3 Å². The van der Waals surface area contributed by atoms with Gasteiger partial charge in [0.2, 0.25) is 0 Å². The second kappa shape index (κ2) is 5.33. The Bertz CT molecular complexity index is 451. The zero-order valence-electron chi connectivity index (χ0n) is 11.8. The third kappa shape index (κ3) is 2.48. The summed E-state index contributed by atoms with van der Waals surface area (Å²) in [5.41, 5.74) is 1.17. The fraction of sp³-hybridized carbons (Fsp3) is 0.667. The molecule has 3 nitrogen and oxygen atoms in total. The fourth-order valence-electron chi connectivity index (χ4n) is 3.42. The summed E-state index contributed by atoms with van der Waals surface area (Å²) in [5, 5.41) is 0. The van der Waals surface area contributed by atoms with Crippen LogP contribution in [0.5, 0.6) is 0 Å². The van der Waals surface area contributed by atoms with Crippen LogP contribution >= 0.6 is 12.6 Å². The number of rotatable bonds is 3. The van der Waals surface area contributed by atoms with Crippen LogP contribution < -0.4 is 4.90 Å². The number of nitrogens with zero attached hydrogens (tertiary/aromatic N) is 3. The monoisotopic (exact) mass is 277 g/mol. The molecule has 0 radical (unpaired) electrons. The van der Waals surface area contributed by atoms with E-state index in [9.17, 15) is 0 Å². The number of thiol groups is 1. The van der Waals surface area contributed by atoms with Crippen molar-refractivity contribution in [1.82, 2.24) is 9.88 Å². The summed E-state index contributed by atoms with van der Waals surface area (Å²) < 4.78 is 0. The Morgan fingerprint density at radius 1 is 1.42 bits per heavy atom. The molecular weight excluding hydrogens is 254 g/mol. The van der Waals surface area contributed by atoms with Gasteiger partial charge in [-0.1, -0.05) is 13.0 Å². The van der Waals surface area contributed by atoms with Gasteiger partial charge in [0.15, 0.2) is 0 Å². The summed E-state index contributed by atoms with van der Waals surface area (Å²) in [4.78, 5) is 9.83. The van der Waals surface area contributed by atoms with E-state index >= 15 is 0 Å². The molecule has 3 atom stereocenters. The van der Waals surface area contributed by atoms with Crippen LogP contribution in [0, 0.1) is 5.92 Å². The van der Waals surface area contributed by atoms with Gasteiger partial charge in [-0.05, 0) is 37.3 Å². The van der Waals surface area contributed by atoms with Gasteiger partial charge < -0.3 is 9.80 Å². The summed E-state index contributed by atoms with van der Waals surface area (Å²) >= 11 is 4.38. The van der Waals surface area contributed by atoms with E-state index in [2.05, 4.69) is 54.6 Å². The molecular formula is C15H23N3S. The molecule has 0 N–H and O–H groups in total. The Morgan fingerprint density at radius 3 is 3.05 bits per heavy atom. The number of hydrogen-bond donors (Lipinski definition) is 1. The topological polar surface area (TPSA) is 19.4 Å². The Hall–Kier alpha value is -0.740. The van der Waals surface area contributed by atoms with Crippen molar-refractivity contribution in [3.05, 3.63) is 23.9 Å². The molecule has 3 unspecified atom stereocenters. The number of likely N-dealkylation sites (N-methyl/N-ethyl adjacent to an activating group) is 1. The van der Waals surface area contributed by atoms with E-state index in [-0.39, 0.29) is 0 Å². The molecule has 3 rings (SSSR count). The maximum absolute atomic E-state index is 4.87. The number of likely N-dealkylation sites (tertiary alicyclic amines) is 1. The molecule has 104 valence electrons. The Labute approximate surface area is 121 Å². The van der Waals surface area contributed by atoms with Crippen molar-refractivity contribution in [2.24, 2.45) is 5.92 Å². The molecule has 2 fully saturated rings. The first-order chi connectivity index (χ1) is 9.19. The zero-order valence-corrected chi connectivity index (χ0v) is 12.7. The zero-order chi connectivity index (χ0) is 13.4. The van der Waals surface area contributed by atoms with Crippen molar-refractivity contribution in [2.45, 2.75) is 25.3 Å². The maximum Gasteiger partial charge on any atom is 0.129 e. The van der Waals surface area contributed by atoms with Crippen molar-refractivity contribution < 1.29 is 0 Å². The van der Waals surface area contributed by atoms with Crippen molar-refractivity contribution >= 4 is 18.4 Å². The summed E-state index contributed by atoms with van der Waals surface area (Å²) in [6.45, 7) is 5.77. The Balaban J connectivity index is 1.82. The average molecular weight is 277 g/mol. The van der Waals surface area contributed by atoms with Crippen molar-refractivity contribution in [3.63, 3.8) is 0 Å². The summed E-state index contributed by atoms with van der Waals surface area (Å²) in [7, 11) is 2.23. The average Bonchev–Trinajstić information content (AvgIpc) is 2.96. The van der Waals surface area contributed by atoms with Gasteiger partial charge in [-0.15, -0.1) is 0 Å². The second-order valence-corrected chi connectivity index (χ2v) is 6.40. The minimum Gasteiger partial charge on any atom is -0.352 e. The number of aromatic nitrogens is 1. The molecule has 1 aromatic rings. The van der Waals surface area contributed by atoms with Gasteiger partial charge in [-0.25, -0.2) is 4.98 Å². The molecule has 0 aliphatic carbocycles. The third-order valence-corrected chi connectivity index (χ3v) is 5.11. The summed E-state index contributed by atoms with van der Waals surface area (Å²) in [6, 6.07) is 7.09. The quantitative estimate of drug-likeness (QED) is 0.856. The lowest BCUT2D eigenvalue weighted by Gasteiger charge is -2.26. The highest BCUT2D eigenvalue weighted by molar-refractivity contribution is 7.80. The van der Waals surface area contributed by atoms with Crippen molar-refractivity contribution in [3.8, 4) is 0 Å². The predicted octanol–water partition coefficient (Wildman–Crippen LogP) is 2.26. The van der Waals surface area contributed by atoms with Gasteiger partial charge in [-0.2, -0.15) is 12.6 Å². The van der Waals surface area contributed by atoms with Crippen LogP contribution in [0.15, 0.2) is 18.2 Å². The molecule has 0 saturated carbocycles. The molecule has 3 heterocycles. The lowest BCUT2D eigenvalue weighted by atomic mass is 10.1. The van der Waals surface area contributed by atoms with Crippen molar-refractivity contribution in [1.29, 1.82) is 0 Å². The van der Waals surface area contributed by atoms with Crippen LogP contribution in [0.2, 0.25) is 0 Å². The first-order valence-electron chi connectivity index (χ1n) is 7.22. The highest BCUT2D eigenvalue weighted by atomic mass is 32.1. The van der Waals surface area contributed by atoms with Gasteiger partial charge in [0.25, 0.3) is 0 Å². The predicted molar refractivity (Wildman–Crippen MR) is 83.2 cm³/mol. The van der Waals surface area contributed by atoms with Crippen LogP contribution in [0.1, 0.15) is 25.0 Å². The molecule has 2 aliphatic heterocycles. The molecule has 4 heteroatoms. The van der Waals surface area contributed by atoms with Gasteiger partial charge >= 0.3 is 0 Å². The van der Waals surface area contributed by atoms with Gasteiger partial charge in [-0.3, -0.25) is 0 Å². The molecule has 19 heavy (non-hydrogen) atoms. The van der Waals surface area contributed by atoms with Crippen LogP contribution in [-0.2, 0) is 0 Å². The van der Waals surface area contributed by atoms with Crippen LogP contribution in [-0.4, -0.2) is 48.4 Å². The smallest absolute Gasteiger partial charge is 0.129 e. The first kappa shape index (κ1) is 13.3. The fourth-order valence-corrected chi connectivity index (χ4v) is 3.61. The van der Waals surface area contributed by atoms with Crippen LogP contribution in [0.3, 0.4) is 0 Å². The SMILES string of the molecule is CC(CS)c1cccc(N2CCC3CN(C)CC32)n1. The molecule has 2 aliphatic rings. The van der Waals surface area contributed by atoms with E-state index < -0.39 is 0 Å². The Kier molecular flexibility index (Phi) is 3.72. The lowest BCUT2D eigenvalue weighted by Crippen LogP contribution is -2.35. The van der Waals surface area contributed by atoms with E-state index in [1.807, 2.05) is 0 Å². The highest BCUT2D eigenvalue weighted by Gasteiger charge is 2.40. The van der Waals surface area contributed by atoms with E-state index in [4.69, 9.17) is 4.98 Å². The summed E-state index contributed by atoms with van der Waals surface area (Å²) in [5.74, 6) is 3.27. The van der Waals surface area contributed by atoms with Crippen LogP contribution in [0.4, 0.5) is 5.82 Å². The minimum atomic E-state index is 0.424. The number of pyridine rings is 1. The van der Waals surface area contributed by atoms with Gasteiger partial charge in [0.1, 0.15) is 5.82 Å². The van der Waals surface area contributed by atoms with E-state index in [0.717, 1.165) is 24.0 Å². The highest BCUT2D eigenvalue weighted by Crippen LogP contribution is 2.34. The summed E-state index contributed by atoms with van der Waals surface area (Å²) in [6.07, 6.45) is 1.31. The van der Waals surface area contributed by atoms with Crippen molar-refractivity contribution in [2.75, 3.05) is 37.3 Å². The lowest BCUT2D eigenvalue weighted by molar-refractivity contribution is 0.386. The first-order valence-corrected chi connectivity index (χ1v) is 7.85. The number of hydrogen-bond acceptors (Lipinski definition) is 4. The van der Waals surface area contributed by atoms with E-state index in [1.54, 1.807) is 0 Å². The molecule has 0 aromatic carbocycles. The van der Waals surface area contributed by atoms with Gasteiger partial charge in [0.05, 0.1) is 0 Å². The van der Waals surface area contributed by atoms with E-state index in [1.165, 1.54) is 25.2 Å². The molecule has 1 aromatic heterocycles. The minimum absolute atomic E-state index is 0.424. The van der Waals surface area contributed by atoms with E-state index in [0.29, 0.717) is 12.0 Å². The molecule has 0 bridgehead atoms. The molecule has 0 amide bonds. The Morgan fingerprint density at radius 2 is 2.26 bits per heavy atom. The maximum atomic E-state index is 4.87. The standard InChI is InChI=1S/C15H23N3S/c1-11(10-19)13-4-3-5-15(16-13)18-7-6-12-8-17(2)9-14(12)18/h3-5,11-12,14,19H,6-10H2,1-2H3. The molecule has 0 spiro atoms.